The highest BCUT2D eigenvalue weighted by Crippen LogP contribution is 2.15. The summed E-state index contributed by atoms with van der Waals surface area (Å²) in [6.45, 7) is 6.71. The predicted octanol–water partition coefficient (Wildman–Crippen LogP) is 3.67. The van der Waals surface area contributed by atoms with Gasteiger partial charge in [-0.15, -0.1) is 0 Å². The first-order chi connectivity index (χ1) is 10.9. The quantitative estimate of drug-likeness (QED) is 0.828. The van der Waals surface area contributed by atoms with E-state index in [4.69, 9.17) is 9.47 Å². The predicted molar refractivity (Wildman–Crippen MR) is 91.1 cm³/mol. The minimum atomic E-state index is -0.266. The van der Waals surface area contributed by atoms with Gasteiger partial charge in [0.15, 0.2) is 0 Å². The van der Waals surface area contributed by atoms with Crippen LogP contribution in [0, 0.1) is 0 Å². The average molecular weight is 313 g/mol. The van der Waals surface area contributed by atoms with Crippen LogP contribution < -0.4 is 14.8 Å². The summed E-state index contributed by atoms with van der Waals surface area (Å²) >= 11 is 0. The van der Waals surface area contributed by atoms with Gasteiger partial charge in [-0.25, -0.2) is 0 Å². The van der Waals surface area contributed by atoms with Gasteiger partial charge in [0.25, 0.3) is 5.91 Å². The first-order valence-corrected chi connectivity index (χ1v) is 7.67. The van der Waals surface area contributed by atoms with E-state index in [0.29, 0.717) is 24.5 Å². The van der Waals surface area contributed by atoms with Crippen LogP contribution in [0.1, 0.15) is 31.1 Å². The van der Waals surface area contributed by atoms with Gasteiger partial charge in [-0.3, -0.25) is 4.79 Å². The third-order valence-corrected chi connectivity index (χ3v) is 2.95. The Hall–Kier alpha value is -2.49. The Bertz CT molecular complexity index is 633. The summed E-state index contributed by atoms with van der Waals surface area (Å²) in [6, 6.07) is 16.7. The highest BCUT2D eigenvalue weighted by molar-refractivity contribution is 5.95. The van der Waals surface area contributed by atoms with E-state index in [1.807, 2.05) is 63.2 Å². The van der Waals surface area contributed by atoms with Crippen molar-refractivity contribution in [2.45, 2.75) is 26.3 Å². The van der Waals surface area contributed by atoms with E-state index in [2.05, 4.69) is 5.32 Å². The molecule has 122 valence electrons. The second-order valence-corrected chi connectivity index (χ2v) is 6.24. The number of benzene rings is 2. The van der Waals surface area contributed by atoms with E-state index in [0.717, 1.165) is 5.75 Å². The molecular formula is C19H23NO3. The molecule has 0 bridgehead atoms. The minimum Gasteiger partial charge on any atom is -0.490 e. The molecule has 2 rings (SSSR count). The lowest BCUT2D eigenvalue weighted by molar-refractivity contribution is 0.0919. The smallest absolute Gasteiger partial charge is 0.251 e. The molecule has 4 heteroatoms. The number of ether oxygens (including phenoxy) is 2. The van der Waals surface area contributed by atoms with Crippen molar-refractivity contribution in [2.75, 3.05) is 13.2 Å². The number of nitrogens with one attached hydrogen (secondary N) is 1. The number of carbonyl (C=O) groups is 1. The lowest BCUT2D eigenvalue weighted by atomic mass is 10.1. The number of hydrogen-bond acceptors (Lipinski definition) is 3. The van der Waals surface area contributed by atoms with Gasteiger partial charge < -0.3 is 14.8 Å². The SMILES string of the molecule is CC(C)(C)NC(=O)c1cccc(OCCOc2ccccc2)c1. The fourth-order valence-corrected chi connectivity index (χ4v) is 1.98. The summed E-state index contributed by atoms with van der Waals surface area (Å²) in [5.74, 6) is 1.36. The maximum absolute atomic E-state index is 12.1. The molecule has 0 aromatic heterocycles. The lowest BCUT2D eigenvalue weighted by Crippen LogP contribution is -2.40. The minimum absolute atomic E-state index is 0.108. The second-order valence-electron chi connectivity index (χ2n) is 6.24. The molecule has 0 unspecified atom stereocenters. The van der Waals surface area contributed by atoms with Crippen LogP contribution in [0.3, 0.4) is 0 Å². The molecule has 1 amide bonds. The first kappa shape index (κ1) is 16.9. The number of hydrogen-bond donors (Lipinski definition) is 1. The molecule has 0 saturated heterocycles. The summed E-state index contributed by atoms with van der Waals surface area (Å²) in [5, 5.41) is 2.93. The van der Waals surface area contributed by atoms with Gasteiger partial charge in [-0.1, -0.05) is 24.3 Å². The largest absolute Gasteiger partial charge is 0.490 e. The normalized spacial score (nSPS) is 10.9. The Morgan fingerprint density at radius 3 is 2.17 bits per heavy atom. The summed E-state index contributed by atoms with van der Waals surface area (Å²) < 4.78 is 11.2. The van der Waals surface area contributed by atoms with Crippen molar-refractivity contribution in [3.05, 3.63) is 60.2 Å². The molecule has 4 nitrogen and oxygen atoms in total. The van der Waals surface area contributed by atoms with Gasteiger partial charge in [-0.05, 0) is 51.1 Å². The summed E-state index contributed by atoms with van der Waals surface area (Å²) in [6.07, 6.45) is 0. The third-order valence-electron chi connectivity index (χ3n) is 2.95. The number of rotatable bonds is 6. The highest BCUT2D eigenvalue weighted by Gasteiger charge is 2.15. The second kappa shape index (κ2) is 7.68. The Kier molecular flexibility index (Phi) is 5.63. The third kappa shape index (κ3) is 6.02. The van der Waals surface area contributed by atoms with E-state index < -0.39 is 0 Å². The van der Waals surface area contributed by atoms with Crippen LogP contribution in [0.25, 0.3) is 0 Å². The van der Waals surface area contributed by atoms with Gasteiger partial charge in [0, 0.05) is 11.1 Å². The highest BCUT2D eigenvalue weighted by atomic mass is 16.5. The Morgan fingerprint density at radius 2 is 1.52 bits per heavy atom. The van der Waals surface area contributed by atoms with Crippen molar-refractivity contribution >= 4 is 5.91 Å². The van der Waals surface area contributed by atoms with E-state index in [-0.39, 0.29) is 11.4 Å². The topological polar surface area (TPSA) is 47.6 Å². The fraction of sp³-hybridized carbons (Fsp3) is 0.316. The molecule has 0 atom stereocenters. The van der Waals surface area contributed by atoms with E-state index >= 15 is 0 Å². The van der Waals surface area contributed by atoms with Gasteiger partial charge in [0.05, 0.1) is 0 Å². The molecule has 0 spiro atoms. The van der Waals surface area contributed by atoms with E-state index in [9.17, 15) is 4.79 Å². The van der Waals surface area contributed by atoms with E-state index in [1.54, 1.807) is 12.1 Å². The fourth-order valence-electron chi connectivity index (χ4n) is 1.98. The average Bonchev–Trinajstić information content (AvgIpc) is 2.51. The molecule has 0 heterocycles. The standard InChI is InChI=1S/C19H23NO3/c1-19(2,3)20-18(21)15-8-7-11-17(14-15)23-13-12-22-16-9-5-4-6-10-16/h4-11,14H,12-13H2,1-3H3,(H,20,21). The monoisotopic (exact) mass is 313 g/mol. The van der Waals surface area contributed by atoms with Crippen LogP contribution in [0.2, 0.25) is 0 Å². The maximum atomic E-state index is 12.1. The maximum Gasteiger partial charge on any atom is 0.251 e. The van der Waals surface area contributed by atoms with Crippen LogP contribution in [0.15, 0.2) is 54.6 Å². The molecule has 2 aromatic rings. The number of carbonyl (C=O) groups excluding carboxylic acids is 1. The molecule has 2 aromatic carbocycles. The van der Waals surface area contributed by atoms with Crippen molar-refractivity contribution in [1.82, 2.24) is 5.32 Å². The van der Waals surface area contributed by atoms with Crippen molar-refractivity contribution in [3.8, 4) is 11.5 Å². The molecular weight excluding hydrogens is 290 g/mol. The van der Waals surface area contributed by atoms with Gasteiger partial charge in [-0.2, -0.15) is 0 Å². The zero-order valence-corrected chi connectivity index (χ0v) is 13.8. The van der Waals surface area contributed by atoms with E-state index in [1.165, 1.54) is 0 Å². The van der Waals surface area contributed by atoms with Crippen LogP contribution in [0.4, 0.5) is 0 Å². The zero-order chi connectivity index (χ0) is 16.7. The van der Waals surface area contributed by atoms with Crippen LogP contribution >= 0.6 is 0 Å². The van der Waals surface area contributed by atoms with Crippen molar-refractivity contribution in [2.24, 2.45) is 0 Å². The molecule has 23 heavy (non-hydrogen) atoms. The van der Waals surface area contributed by atoms with Crippen molar-refractivity contribution in [1.29, 1.82) is 0 Å². The van der Waals surface area contributed by atoms with Gasteiger partial charge in [0.2, 0.25) is 0 Å². The van der Waals surface area contributed by atoms with Crippen LogP contribution in [-0.4, -0.2) is 24.7 Å². The van der Waals surface area contributed by atoms with Crippen LogP contribution in [-0.2, 0) is 0 Å². The molecule has 1 N–H and O–H groups in total. The molecule has 0 fully saturated rings. The van der Waals surface area contributed by atoms with Crippen molar-refractivity contribution in [3.63, 3.8) is 0 Å². The van der Waals surface area contributed by atoms with Gasteiger partial charge >= 0.3 is 0 Å². The Balaban J connectivity index is 1.84. The van der Waals surface area contributed by atoms with Crippen LogP contribution in [0.5, 0.6) is 11.5 Å². The number of amides is 1. The molecule has 0 aliphatic heterocycles. The first-order valence-electron chi connectivity index (χ1n) is 7.67. The van der Waals surface area contributed by atoms with Crippen molar-refractivity contribution < 1.29 is 14.3 Å². The Labute approximate surface area is 137 Å². The van der Waals surface area contributed by atoms with Gasteiger partial charge in [0.1, 0.15) is 24.7 Å². The molecule has 0 saturated carbocycles. The molecule has 0 aliphatic rings. The lowest BCUT2D eigenvalue weighted by Gasteiger charge is -2.20. The zero-order valence-electron chi connectivity index (χ0n) is 13.8. The summed E-state index contributed by atoms with van der Waals surface area (Å²) in [4.78, 5) is 12.1. The summed E-state index contributed by atoms with van der Waals surface area (Å²) in [5.41, 5.74) is 0.318. The Morgan fingerprint density at radius 1 is 0.913 bits per heavy atom. The summed E-state index contributed by atoms with van der Waals surface area (Å²) in [7, 11) is 0. The molecule has 0 aliphatic carbocycles. The molecule has 0 radical (unpaired) electrons. The number of para-hydroxylation sites is 1.